The summed E-state index contributed by atoms with van der Waals surface area (Å²) in [6.07, 6.45) is 1.76. The molecule has 0 spiro atoms. The molecule has 1 heterocycles. The van der Waals surface area contributed by atoms with Crippen molar-refractivity contribution in [3.05, 3.63) is 47.8 Å². The first-order valence-electron chi connectivity index (χ1n) is 9.10. The molecule has 0 saturated heterocycles. The van der Waals surface area contributed by atoms with Gasteiger partial charge >= 0.3 is 18.9 Å². The van der Waals surface area contributed by atoms with Gasteiger partial charge in [0.25, 0.3) is 0 Å². The van der Waals surface area contributed by atoms with E-state index in [2.05, 4.69) is 9.97 Å². The van der Waals surface area contributed by atoms with Crippen LogP contribution in [0.2, 0.25) is 0 Å². The number of carboxylic acids is 1. The minimum Gasteiger partial charge on any atom is -0.546 e. The zero-order chi connectivity index (χ0) is 21.2. The third-order valence-electron chi connectivity index (χ3n) is 4.82. The number of ether oxygens (including phenoxy) is 1. The smallest absolute Gasteiger partial charge is 0.546 e. The number of carboxylic acid groups (broad SMARTS) is 1. The van der Waals surface area contributed by atoms with Gasteiger partial charge < -0.3 is 14.6 Å². The normalized spacial score (nSPS) is 15.6. The van der Waals surface area contributed by atoms with Gasteiger partial charge in [0.15, 0.2) is 5.67 Å². The van der Waals surface area contributed by atoms with Crippen molar-refractivity contribution in [3.63, 3.8) is 0 Å². The zero-order valence-corrected chi connectivity index (χ0v) is 17.9. The maximum atomic E-state index is 14.9. The van der Waals surface area contributed by atoms with Crippen LogP contribution in [-0.2, 0) is 27.0 Å². The van der Waals surface area contributed by atoms with Crippen molar-refractivity contribution in [2.75, 3.05) is 11.4 Å². The van der Waals surface area contributed by atoms with E-state index >= 15 is 0 Å². The first kappa shape index (κ1) is 24.1. The Labute approximate surface area is 186 Å². The number of aromatic nitrogens is 2. The van der Waals surface area contributed by atoms with Crippen LogP contribution in [0.5, 0.6) is 5.75 Å². The fourth-order valence-corrected chi connectivity index (χ4v) is 4.57. The molecule has 1 atom stereocenters. The molecular formula is C19H21FLiN3O5S. The van der Waals surface area contributed by atoms with Crippen molar-refractivity contribution >= 4 is 21.9 Å². The predicted octanol–water partition coefficient (Wildman–Crippen LogP) is -1.69. The van der Waals surface area contributed by atoms with E-state index in [1.807, 2.05) is 0 Å². The Morgan fingerprint density at radius 3 is 2.43 bits per heavy atom. The number of halogens is 1. The molecular weight excluding hydrogens is 408 g/mol. The molecule has 1 unspecified atom stereocenters. The number of carbonyl (C=O) groups excluding carboxylic acids is 1. The summed E-state index contributed by atoms with van der Waals surface area (Å²) in [6.45, 7) is 1.26. The van der Waals surface area contributed by atoms with Crippen molar-refractivity contribution in [2.45, 2.75) is 43.6 Å². The van der Waals surface area contributed by atoms with E-state index in [9.17, 15) is 22.7 Å². The van der Waals surface area contributed by atoms with Crippen LogP contribution in [0.3, 0.4) is 0 Å². The van der Waals surface area contributed by atoms with Gasteiger partial charge in [-0.3, -0.25) is 0 Å². The van der Waals surface area contributed by atoms with E-state index in [0.29, 0.717) is 24.2 Å². The van der Waals surface area contributed by atoms with E-state index in [4.69, 9.17) is 4.74 Å². The quantitative estimate of drug-likeness (QED) is 0.437. The van der Waals surface area contributed by atoms with Crippen molar-refractivity contribution in [3.8, 4) is 5.75 Å². The van der Waals surface area contributed by atoms with Gasteiger partial charge in [-0.05, 0) is 43.0 Å². The first-order chi connectivity index (χ1) is 13.7. The molecule has 1 aromatic carbocycles. The standard InChI is InChI=1S/C19H22FN3O5S.Li/c1-3-19(20,17(24)25)16-10-11-21-18(22-16)23(29(26,27)15-8-9-15)12-13-4-6-14(28-2)7-5-13;/h4-7,10-11,15H,3,8-9,12H2,1-2H3,(H,24,25);/q;+1/p-1. The second-order valence-electron chi connectivity index (χ2n) is 6.78. The van der Waals surface area contributed by atoms with E-state index in [0.717, 1.165) is 16.6 Å². The molecule has 30 heavy (non-hydrogen) atoms. The van der Waals surface area contributed by atoms with Crippen molar-refractivity contribution in [2.24, 2.45) is 0 Å². The number of hydrogen-bond acceptors (Lipinski definition) is 7. The summed E-state index contributed by atoms with van der Waals surface area (Å²) in [7, 11) is -2.27. The van der Waals surface area contributed by atoms with Gasteiger partial charge in [-0.2, -0.15) is 0 Å². The molecule has 1 aliphatic carbocycles. The Morgan fingerprint density at radius 2 is 1.93 bits per heavy atom. The van der Waals surface area contributed by atoms with Crippen molar-refractivity contribution in [1.29, 1.82) is 0 Å². The fraction of sp³-hybridized carbons (Fsp3) is 0.421. The van der Waals surface area contributed by atoms with E-state index in [1.54, 1.807) is 24.3 Å². The zero-order valence-electron chi connectivity index (χ0n) is 17.0. The summed E-state index contributed by atoms with van der Waals surface area (Å²) >= 11 is 0. The fourth-order valence-electron chi connectivity index (χ4n) is 2.84. The van der Waals surface area contributed by atoms with Gasteiger partial charge in [-0.1, -0.05) is 19.1 Å². The summed E-state index contributed by atoms with van der Waals surface area (Å²) in [6, 6.07) is 7.89. The number of carbonyl (C=O) groups is 1. The van der Waals surface area contributed by atoms with Gasteiger partial charge in [0.1, 0.15) is 5.75 Å². The molecule has 0 N–H and O–H groups in total. The molecule has 156 valence electrons. The van der Waals surface area contributed by atoms with Crippen molar-refractivity contribution < 1.29 is 46.3 Å². The van der Waals surface area contributed by atoms with Gasteiger partial charge in [0, 0.05) is 6.20 Å². The largest absolute Gasteiger partial charge is 1.00 e. The van der Waals surface area contributed by atoms with Gasteiger partial charge in [-0.25, -0.2) is 27.1 Å². The number of benzene rings is 1. The Hall–Kier alpha value is -2.15. The minimum absolute atomic E-state index is 0. The molecule has 3 rings (SSSR count). The Balaban J connectivity index is 0.00000320. The molecule has 0 bridgehead atoms. The molecule has 1 fully saturated rings. The number of alkyl halides is 1. The Kier molecular flexibility index (Phi) is 7.50. The Morgan fingerprint density at radius 1 is 1.30 bits per heavy atom. The monoisotopic (exact) mass is 429 g/mol. The molecule has 8 nitrogen and oxygen atoms in total. The number of rotatable bonds is 9. The maximum absolute atomic E-state index is 14.9. The SMILES string of the molecule is CCC(F)(C(=O)[O-])c1ccnc(N(Cc2ccc(OC)cc2)S(=O)(=O)C2CC2)n1.[Li+]. The van der Waals surface area contributed by atoms with Gasteiger partial charge in [0.2, 0.25) is 16.0 Å². The molecule has 0 radical (unpaired) electrons. The number of nitrogens with zero attached hydrogens (tertiary/aromatic N) is 3. The number of anilines is 1. The van der Waals surface area contributed by atoms with Crippen LogP contribution in [-0.4, -0.2) is 36.7 Å². The minimum atomic E-state index is -3.79. The average molecular weight is 429 g/mol. The molecule has 0 aliphatic heterocycles. The third kappa shape index (κ3) is 4.77. The summed E-state index contributed by atoms with van der Waals surface area (Å²) in [5.41, 5.74) is -2.64. The molecule has 11 heteroatoms. The van der Waals surface area contributed by atoms with Crippen LogP contribution in [0.25, 0.3) is 0 Å². The van der Waals surface area contributed by atoms with Gasteiger partial charge in [-0.15, -0.1) is 0 Å². The summed E-state index contributed by atoms with van der Waals surface area (Å²) < 4.78 is 46.9. The van der Waals surface area contributed by atoms with Crippen molar-refractivity contribution in [1.82, 2.24) is 9.97 Å². The average Bonchev–Trinajstić information content (AvgIpc) is 3.57. The molecule has 1 aromatic heterocycles. The molecule has 1 saturated carbocycles. The Bertz CT molecular complexity index is 1000. The van der Waals surface area contributed by atoms with E-state index in [1.165, 1.54) is 14.0 Å². The van der Waals surface area contributed by atoms with E-state index < -0.39 is 39.0 Å². The second-order valence-corrected chi connectivity index (χ2v) is 8.92. The first-order valence-corrected chi connectivity index (χ1v) is 10.6. The van der Waals surface area contributed by atoms with Gasteiger partial charge in [0.05, 0.1) is 30.6 Å². The molecule has 2 aromatic rings. The summed E-state index contributed by atoms with van der Waals surface area (Å²) in [5, 5.41) is 10.8. The van der Waals surface area contributed by atoms with Crippen LogP contribution in [0, 0.1) is 0 Å². The van der Waals surface area contributed by atoms with Crippen LogP contribution in [0.4, 0.5) is 10.3 Å². The number of hydrogen-bond donors (Lipinski definition) is 0. The third-order valence-corrected chi connectivity index (χ3v) is 7.04. The van der Waals surface area contributed by atoms with Crippen LogP contribution in [0.15, 0.2) is 36.5 Å². The number of sulfonamides is 1. The summed E-state index contributed by atoms with van der Waals surface area (Å²) in [5.74, 6) is -1.60. The predicted molar refractivity (Wildman–Crippen MR) is 101 cm³/mol. The maximum Gasteiger partial charge on any atom is 1.00 e. The molecule has 0 amide bonds. The summed E-state index contributed by atoms with van der Waals surface area (Å²) in [4.78, 5) is 19.3. The molecule has 1 aliphatic rings. The second kappa shape index (κ2) is 9.33. The number of aliphatic carboxylic acids is 1. The van der Waals surface area contributed by atoms with E-state index in [-0.39, 0.29) is 31.4 Å². The van der Waals surface area contributed by atoms with Crippen LogP contribution in [0.1, 0.15) is 37.4 Å². The topological polar surface area (TPSA) is 113 Å². The van der Waals surface area contributed by atoms with Crippen LogP contribution >= 0.6 is 0 Å². The number of methoxy groups -OCH3 is 1. The van der Waals surface area contributed by atoms with Crippen LogP contribution < -0.4 is 33.0 Å².